The molecule has 1 saturated heterocycles. The van der Waals surface area contributed by atoms with Crippen molar-refractivity contribution in [2.24, 2.45) is 7.05 Å². The van der Waals surface area contributed by atoms with E-state index in [9.17, 15) is 0 Å². The van der Waals surface area contributed by atoms with Gasteiger partial charge in [0.25, 0.3) is 0 Å². The molecular formula is C31H36ClN9. The monoisotopic (exact) mass is 569 g/mol. The van der Waals surface area contributed by atoms with E-state index in [1.165, 1.54) is 39.0 Å². The van der Waals surface area contributed by atoms with Crippen LogP contribution in [0.25, 0.3) is 33.2 Å². The number of imidazole rings is 1. The van der Waals surface area contributed by atoms with E-state index in [4.69, 9.17) is 27.3 Å². The fourth-order valence-electron chi connectivity index (χ4n) is 6.65. The molecule has 41 heavy (non-hydrogen) atoms. The van der Waals surface area contributed by atoms with E-state index >= 15 is 0 Å². The summed E-state index contributed by atoms with van der Waals surface area (Å²) in [7, 11) is 4.21. The molecular weight excluding hydrogens is 534 g/mol. The number of aromatic nitrogens is 5. The van der Waals surface area contributed by atoms with Gasteiger partial charge in [0, 0.05) is 62.8 Å². The number of nitrogen functional groups attached to an aromatic ring is 1. The van der Waals surface area contributed by atoms with Gasteiger partial charge in [-0.05, 0) is 62.6 Å². The smallest absolute Gasteiger partial charge is 0.208 e. The first-order valence-corrected chi connectivity index (χ1v) is 14.9. The molecule has 0 spiro atoms. The second-order valence-corrected chi connectivity index (χ2v) is 11.9. The molecule has 1 aliphatic carbocycles. The summed E-state index contributed by atoms with van der Waals surface area (Å²) in [6, 6.07) is 15.3. The van der Waals surface area contributed by atoms with Gasteiger partial charge in [0.05, 0.1) is 15.9 Å². The number of nitrogens with zero attached hydrogens (tertiary/aromatic N) is 7. The Labute approximate surface area is 244 Å². The first kappa shape index (κ1) is 26.3. The van der Waals surface area contributed by atoms with Crippen molar-refractivity contribution < 1.29 is 0 Å². The van der Waals surface area contributed by atoms with Crippen LogP contribution in [0, 0.1) is 0 Å². The Bertz CT molecular complexity index is 1690. The summed E-state index contributed by atoms with van der Waals surface area (Å²) < 4.78 is 4.37. The Morgan fingerprint density at radius 2 is 1.63 bits per heavy atom. The number of para-hydroxylation sites is 1. The maximum absolute atomic E-state index is 6.46. The van der Waals surface area contributed by atoms with E-state index in [0.717, 1.165) is 57.7 Å². The van der Waals surface area contributed by atoms with Crippen molar-refractivity contribution in [1.82, 2.24) is 33.9 Å². The molecule has 0 atom stereocenters. The molecule has 2 aliphatic rings. The van der Waals surface area contributed by atoms with Gasteiger partial charge in [-0.1, -0.05) is 29.8 Å². The molecule has 1 saturated carbocycles. The molecule has 0 unspecified atom stereocenters. The highest BCUT2D eigenvalue weighted by atomic mass is 35.5. The fourth-order valence-corrected chi connectivity index (χ4v) is 6.86. The van der Waals surface area contributed by atoms with E-state index in [1.54, 1.807) is 6.33 Å². The summed E-state index contributed by atoms with van der Waals surface area (Å²) >= 11 is 6.37. The molecule has 7 rings (SSSR count). The van der Waals surface area contributed by atoms with Gasteiger partial charge in [0.1, 0.15) is 23.3 Å². The third-order valence-electron chi connectivity index (χ3n) is 9.07. The van der Waals surface area contributed by atoms with Gasteiger partial charge in [0.2, 0.25) is 5.95 Å². The highest BCUT2D eigenvalue weighted by molar-refractivity contribution is 6.35. The Morgan fingerprint density at radius 1 is 0.902 bits per heavy atom. The first-order chi connectivity index (χ1) is 20.0. The largest absolute Gasteiger partial charge is 0.383 e. The molecule has 2 fully saturated rings. The molecule has 3 aromatic heterocycles. The van der Waals surface area contributed by atoms with Crippen LogP contribution in [-0.4, -0.2) is 73.2 Å². The Morgan fingerprint density at radius 3 is 2.37 bits per heavy atom. The molecule has 0 bridgehead atoms. The fraction of sp³-hybridized carbons (Fsp3) is 0.387. The van der Waals surface area contributed by atoms with Crippen molar-refractivity contribution >= 4 is 51.1 Å². The quantitative estimate of drug-likeness (QED) is 0.281. The highest BCUT2D eigenvalue weighted by Crippen LogP contribution is 2.39. The first-order valence-electron chi connectivity index (χ1n) is 14.5. The number of likely N-dealkylation sites (N-methyl/N-ethyl adjacent to an activating group) is 1. The molecule has 0 radical (unpaired) electrons. The predicted molar refractivity (Wildman–Crippen MR) is 167 cm³/mol. The minimum atomic E-state index is 0.412. The lowest BCUT2D eigenvalue weighted by atomic mass is 9.89. The average molecular weight is 570 g/mol. The van der Waals surface area contributed by atoms with Gasteiger partial charge in [0.15, 0.2) is 0 Å². The Hall–Kier alpha value is -3.66. The summed E-state index contributed by atoms with van der Waals surface area (Å²) in [4.78, 5) is 18.9. The van der Waals surface area contributed by atoms with E-state index in [0.29, 0.717) is 22.9 Å². The van der Waals surface area contributed by atoms with E-state index in [2.05, 4.69) is 62.2 Å². The number of rotatable bonds is 5. The molecule has 2 aromatic carbocycles. The zero-order valence-electron chi connectivity index (χ0n) is 23.6. The van der Waals surface area contributed by atoms with Crippen molar-refractivity contribution in [2.75, 3.05) is 44.3 Å². The van der Waals surface area contributed by atoms with Gasteiger partial charge in [-0.2, -0.15) is 0 Å². The van der Waals surface area contributed by atoms with Gasteiger partial charge < -0.3 is 25.1 Å². The number of fused-ring (bicyclic) bond motifs is 2. The van der Waals surface area contributed by atoms with Crippen LogP contribution in [-0.2, 0) is 7.05 Å². The lowest BCUT2D eigenvalue weighted by Gasteiger charge is -2.41. The molecule has 10 heteroatoms. The van der Waals surface area contributed by atoms with E-state index in [1.807, 2.05) is 29.8 Å². The van der Waals surface area contributed by atoms with Crippen LogP contribution in [0.4, 0.5) is 17.5 Å². The molecule has 4 heterocycles. The number of hydrogen-bond donors (Lipinski definition) is 2. The van der Waals surface area contributed by atoms with Crippen LogP contribution in [0.5, 0.6) is 0 Å². The molecule has 1 aliphatic heterocycles. The minimum absolute atomic E-state index is 0.412. The van der Waals surface area contributed by atoms with Gasteiger partial charge in [-0.25, -0.2) is 15.0 Å². The summed E-state index contributed by atoms with van der Waals surface area (Å²) in [5.74, 6) is 1.26. The second kappa shape index (κ2) is 10.6. The number of halogens is 1. The maximum atomic E-state index is 6.46. The van der Waals surface area contributed by atoms with Crippen molar-refractivity contribution in [2.45, 2.75) is 37.8 Å². The number of aryl methyl sites for hydroxylation is 1. The summed E-state index contributed by atoms with van der Waals surface area (Å²) in [5.41, 5.74) is 12.3. The number of nitrogens with two attached hydrogens (primary N) is 1. The lowest BCUT2D eigenvalue weighted by Crippen LogP contribution is -2.49. The second-order valence-electron chi connectivity index (χ2n) is 11.5. The topological polar surface area (TPSA) is 93.1 Å². The van der Waals surface area contributed by atoms with Crippen LogP contribution in [0.1, 0.15) is 31.7 Å². The van der Waals surface area contributed by atoms with Gasteiger partial charge in [-0.3, -0.25) is 4.90 Å². The summed E-state index contributed by atoms with van der Waals surface area (Å²) in [6.07, 6.45) is 8.57. The number of hydrogen-bond acceptors (Lipinski definition) is 7. The molecule has 0 amide bonds. The number of piperazine rings is 1. The predicted octanol–water partition coefficient (Wildman–Crippen LogP) is 5.70. The number of nitrogens with one attached hydrogen (secondary N) is 1. The minimum Gasteiger partial charge on any atom is -0.383 e. The zero-order valence-corrected chi connectivity index (χ0v) is 24.3. The average Bonchev–Trinajstić information content (AvgIpc) is 3.54. The van der Waals surface area contributed by atoms with E-state index < -0.39 is 0 Å². The third kappa shape index (κ3) is 4.81. The highest BCUT2D eigenvalue weighted by Gasteiger charge is 2.30. The molecule has 3 N–H and O–H groups in total. The van der Waals surface area contributed by atoms with Crippen molar-refractivity contribution in [1.29, 1.82) is 0 Å². The SMILES string of the molecule is CN1CCN([C@H]2CC[C@@H](n3cc(-c4ccc(Nc5nc6c(Cl)cccc6n5C)cc4)c4c(N)ncnc43)CC2)CC1. The Kier molecular flexibility index (Phi) is 6.81. The van der Waals surface area contributed by atoms with Crippen molar-refractivity contribution in [3.05, 3.63) is 60.0 Å². The van der Waals surface area contributed by atoms with Crippen LogP contribution in [0.3, 0.4) is 0 Å². The van der Waals surface area contributed by atoms with Crippen molar-refractivity contribution in [3.63, 3.8) is 0 Å². The molecule has 212 valence electrons. The lowest BCUT2D eigenvalue weighted by molar-refractivity contribution is 0.0828. The van der Waals surface area contributed by atoms with Gasteiger partial charge >= 0.3 is 0 Å². The number of anilines is 3. The molecule has 5 aromatic rings. The summed E-state index contributed by atoms with van der Waals surface area (Å²) in [6.45, 7) is 4.70. The van der Waals surface area contributed by atoms with Crippen molar-refractivity contribution in [3.8, 4) is 11.1 Å². The third-order valence-corrected chi connectivity index (χ3v) is 9.37. The number of benzene rings is 2. The van der Waals surface area contributed by atoms with Gasteiger partial charge in [-0.15, -0.1) is 0 Å². The maximum Gasteiger partial charge on any atom is 0.208 e. The van der Waals surface area contributed by atoms with Crippen LogP contribution in [0.2, 0.25) is 5.02 Å². The van der Waals surface area contributed by atoms with Crippen LogP contribution >= 0.6 is 11.6 Å². The van der Waals surface area contributed by atoms with E-state index in [-0.39, 0.29) is 0 Å². The molecule has 9 nitrogen and oxygen atoms in total. The standard InChI is InChI=1S/C31H36ClN9/c1-38-14-16-40(17-15-38)22-10-12-23(13-11-22)41-18-24(27-29(33)34-19-35-30(27)41)20-6-8-21(9-7-20)36-31-37-28-25(32)4-3-5-26(28)39(31)2/h3-9,18-19,22-23H,10-17H2,1-2H3,(H,36,37)(H2,33,34,35)/t22-,23+. The Balaban J connectivity index is 1.13. The van der Waals surface area contributed by atoms with Crippen LogP contribution < -0.4 is 11.1 Å². The zero-order chi connectivity index (χ0) is 28.1. The summed E-state index contributed by atoms with van der Waals surface area (Å²) in [5, 5.41) is 5.01. The van der Waals surface area contributed by atoms with Crippen LogP contribution in [0.15, 0.2) is 55.0 Å². The normalized spacial score (nSPS) is 20.7.